The molecule has 0 spiro atoms. The van der Waals surface area contributed by atoms with Crippen molar-refractivity contribution in [2.24, 2.45) is 16.5 Å². The van der Waals surface area contributed by atoms with Crippen molar-refractivity contribution in [3.8, 4) is 5.75 Å². The average molecular weight is 417 g/mol. The second kappa shape index (κ2) is 9.35. The summed E-state index contributed by atoms with van der Waals surface area (Å²) in [6, 6.07) is 7.80. The van der Waals surface area contributed by atoms with Crippen molar-refractivity contribution >= 4 is 11.6 Å². The smallest absolute Gasteiger partial charge is 0.229 e. The van der Waals surface area contributed by atoms with Crippen molar-refractivity contribution in [1.29, 1.82) is 0 Å². The van der Waals surface area contributed by atoms with E-state index in [-0.39, 0.29) is 24.5 Å². The molecular weight excluding hydrogens is 384 g/mol. The number of hydrogen-bond acceptors (Lipinski definition) is 6. The van der Waals surface area contributed by atoms with Crippen LogP contribution in [0.5, 0.6) is 5.75 Å². The van der Waals surface area contributed by atoms with Gasteiger partial charge in [0.1, 0.15) is 11.9 Å². The zero-order valence-electron chi connectivity index (χ0n) is 17.7. The predicted octanol–water partition coefficient (Wildman–Crippen LogP) is 2.61. The van der Waals surface area contributed by atoms with E-state index >= 15 is 0 Å². The van der Waals surface area contributed by atoms with E-state index in [4.69, 9.17) is 14.3 Å². The standard InChI is InChI=1S/C23H32N2O5/c1-28-21-7-3-2-6-19(21)20-13-18(30-24-20)14-23(8-11-29-12-9-23)22(27)25-10-4-5-17(15-25)16-26/h2-3,6-7,17-18,26H,4-5,8-16H2,1H3. The Hall–Kier alpha value is -2.12. The van der Waals surface area contributed by atoms with Gasteiger partial charge in [-0.25, -0.2) is 0 Å². The number of hydrogen-bond donors (Lipinski definition) is 1. The Bertz CT molecular complexity index is 775. The Kier molecular flexibility index (Phi) is 6.58. The third kappa shape index (κ3) is 4.32. The summed E-state index contributed by atoms with van der Waals surface area (Å²) in [7, 11) is 1.65. The molecule has 3 aliphatic heterocycles. The topological polar surface area (TPSA) is 80.6 Å². The van der Waals surface area contributed by atoms with Crippen molar-refractivity contribution in [2.75, 3.05) is 40.0 Å². The van der Waals surface area contributed by atoms with E-state index in [0.29, 0.717) is 45.4 Å². The molecule has 1 aromatic rings. The molecule has 2 saturated heterocycles. The molecule has 0 radical (unpaired) electrons. The highest BCUT2D eigenvalue weighted by Crippen LogP contribution is 2.41. The van der Waals surface area contributed by atoms with Crippen LogP contribution in [-0.2, 0) is 14.4 Å². The van der Waals surface area contributed by atoms with Crippen molar-refractivity contribution in [3.05, 3.63) is 29.8 Å². The van der Waals surface area contributed by atoms with Crippen LogP contribution in [0, 0.1) is 11.3 Å². The third-order valence-corrected chi connectivity index (χ3v) is 6.74. The quantitative estimate of drug-likeness (QED) is 0.771. The fraction of sp³-hybridized carbons (Fsp3) is 0.652. The maximum absolute atomic E-state index is 13.7. The van der Waals surface area contributed by atoms with E-state index in [1.807, 2.05) is 29.2 Å². The average Bonchev–Trinajstić information content (AvgIpc) is 3.27. The lowest BCUT2D eigenvalue weighted by atomic mass is 9.73. The number of aliphatic hydroxyl groups excluding tert-OH is 1. The van der Waals surface area contributed by atoms with Gasteiger partial charge in [-0.1, -0.05) is 17.3 Å². The summed E-state index contributed by atoms with van der Waals surface area (Å²) < 4.78 is 11.1. The molecule has 30 heavy (non-hydrogen) atoms. The number of benzene rings is 1. The third-order valence-electron chi connectivity index (χ3n) is 6.74. The summed E-state index contributed by atoms with van der Waals surface area (Å²) in [5, 5.41) is 13.9. The predicted molar refractivity (Wildman–Crippen MR) is 113 cm³/mol. The first-order valence-corrected chi connectivity index (χ1v) is 11.0. The summed E-state index contributed by atoms with van der Waals surface area (Å²) >= 11 is 0. The van der Waals surface area contributed by atoms with E-state index in [0.717, 1.165) is 36.4 Å². The van der Waals surface area contributed by atoms with Crippen molar-refractivity contribution in [3.63, 3.8) is 0 Å². The van der Waals surface area contributed by atoms with Gasteiger partial charge in [0.05, 0.1) is 18.2 Å². The summed E-state index contributed by atoms with van der Waals surface area (Å²) in [5.74, 6) is 1.15. The number of nitrogens with zero attached hydrogens (tertiary/aromatic N) is 2. The molecule has 2 atom stereocenters. The maximum atomic E-state index is 13.7. The van der Waals surface area contributed by atoms with Crippen LogP contribution in [0.4, 0.5) is 0 Å². The molecule has 1 N–H and O–H groups in total. The van der Waals surface area contributed by atoms with Gasteiger partial charge in [0, 0.05) is 51.3 Å². The number of amides is 1. The maximum Gasteiger partial charge on any atom is 0.229 e. The number of carbonyl (C=O) groups excluding carboxylic acids is 1. The lowest BCUT2D eigenvalue weighted by Crippen LogP contribution is -2.51. The van der Waals surface area contributed by atoms with Crippen LogP contribution in [0.2, 0.25) is 0 Å². The zero-order valence-corrected chi connectivity index (χ0v) is 17.7. The van der Waals surface area contributed by atoms with Crippen LogP contribution < -0.4 is 4.74 Å². The number of ether oxygens (including phenoxy) is 2. The molecule has 3 heterocycles. The van der Waals surface area contributed by atoms with Gasteiger partial charge in [0.2, 0.25) is 5.91 Å². The molecule has 3 aliphatic rings. The minimum absolute atomic E-state index is 0.134. The highest BCUT2D eigenvalue weighted by molar-refractivity contribution is 6.03. The summed E-state index contributed by atoms with van der Waals surface area (Å²) in [4.78, 5) is 21.4. The fourth-order valence-corrected chi connectivity index (χ4v) is 5.02. The van der Waals surface area contributed by atoms with Crippen LogP contribution in [0.25, 0.3) is 0 Å². The molecule has 0 aromatic heterocycles. The number of likely N-dealkylation sites (tertiary alicyclic amines) is 1. The van der Waals surface area contributed by atoms with Crippen molar-refractivity contribution < 1.29 is 24.2 Å². The number of rotatable bonds is 6. The fourth-order valence-electron chi connectivity index (χ4n) is 5.02. The van der Waals surface area contributed by atoms with Gasteiger partial charge < -0.3 is 24.3 Å². The number of piperidine rings is 1. The molecule has 7 nitrogen and oxygen atoms in total. The molecule has 2 unspecified atom stereocenters. The molecule has 164 valence electrons. The lowest BCUT2D eigenvalue weighted by molar-refractivity contribution is -0.153. The Labute approximate surface area is 178 Å². The summed E-state index contributed by atoms with van der Waals surface area (Å²) in [6.45, 7) is 2.74. The highest BCUT2D eigenvalue weighted by atomic mass is 16.6. The van der Waals surface area contributed by atoms with Crippen LogP contribution >= 0.6 is 0 Å². The Balaban J connectivity index is 1.47. The minimum atomic E-state index is -0.480. The molecule has 1 amide bonds. The molecule has 0 bridgehead atoms. The van der Waals surface area contributed by atoms with Crippen LogP contribution in [-0.4, -0.2) is 67.7 Å². The van der Waals surface area contributed by atoms with E-state index in [9.17, 15) is 9.90 Å². The zero-order chi connectivity index (χ0) is 21.0. The summed E-state index contributed by atoms with van der Waals surface area (Å²) in [5.41, 5.74) is 1.33. The number of carbonyl (C=O) groups is 1. The normalized spacial score (nSPS) is 26.1. The van der Waals surface area contributed by atoms with Gasteiger partial charge in [0.25, 0.3) is 0 Å². The monoisotopic (exact) mass is 416 g/mol. The first-order valence-electron chi connectivity index (χ1n) is 11.0. The molecule has 7 heteroatoms. The van der Waals surface area contributed by atoms with Crippen LogP contribution in [0.15, 0.2) is 29.4 Å². The van der Waals surface area contributed by atoms with Gasteiger partial charge in [-0.2, -0.15) is 0 Å². The van der Waals surface area contributed by atoms with Gasteiger partial charge in [-0.15, -0.1) is 0 Å². The molecule has 2 fully saturated rings. The molecule has 1 aromatic carbocycles. The Morgan fingerprint density at radius 2 is 2.13 bits per heavy atom. The number of methoxy groups -OCH3 is 1. The van der Waals surface area contributed by atoms with Crippen LogP contribution in [0.3, 0.4) is 0 Å². The molecular formula is C23H32N2O5. The SMILES string of the molecule is COc1ccccc1C1=NOC(CC2(C(=O)N3CCCC(CO)C3)CCOCC2)C1. The van der Waals surface area contributed by atoms with E-state index < -0.39 is 5.41 Å². The number of para-hydroxylation sites is 1. The van der Waals surface area contributed by atoms with E-state index in [2.05, 4.69) is 5.16 Å². The van der Waals surface area contributed by atoms with Crippen molar-refractivity contribution in [1.82, 2.24) is 4.90 Å². The largest absolute Gasteiger partial charge is 0.496 e. The second-order valence-electron chi connectivity index (χ2n) is 8.71. The first-order chi connectivity index (χ1) is 14.6. The number of oxime groups is 1. The second-order valence-corrected chi connectivity index (χ2v) is 8.71. The van der Waals surface area contributed by atoms with Crippen LogP contribution in [0.1, 0.15) is 44.1 Å². The van der Waals surface area contributed by atoms with E-state index in [1.54, 1.807) is 7.11 Å². The van der Waals surface area contributed by atoms with Gasteiger partial charge in [-0.3, -0.25) is 4.79 Å². The highest BCUT2D eigenvalue weighted by Gasteiger charge is 2.46. The minimum Gasteiger partial charge on any atom is -0.496 e. The molecule has 0 aliphatic carbocycles. The Morgan fingerprint density at radius 1 is 1.33 bits per heavy atom. The number of aliphatic hydroxyl groups is 1. The molecule has 0 saturated carbocycles. The van der Waals surface area contributed by atoms with Gasteiger partial charge >= 0.3 is 0 Å². The van der Waals surface area contributed by atoms with E-state index in [1.165, 1.54) is 0 Å². The van der Waals surface area contributed by atoms with Gasteiger partial charge in [-0.05, 0) is 43.7 Å². The Morgan fingerprint density at radius 3 is 2.90 bits per heavy atom. The summed E-state index contributed by atoms with van der Waals surface area (Å²) in [6.07, 6.45) is 4.51. The molecule has 4 rings (SSSR count). The van der Waals surface area contributed by atoms with Crippen molar-refractivity contribution in [2.45, 2.75) is 44.6 Å². The first kappa shape index (κ1) is 21.1. The lowest BCUT2D eigenvalue weighted by Gasteiger charge is -2.43. The van der Waals surface area contributed by atoms with Gasteiger partial charge in [0.15, 0.2) is 0 Å².